The molecule has 0 amide bonds. The number of nitrogens with one attached hydrogen (secondary N) is 2. The summed E-state index contributed by atoms with van der Waals surface area (Å²) in [5, 5.41) is 6.60. The predicted octanol–water partition coefficient (Wildman–Crippen LogP) is 2.65. The van der Waals surface area contributed by atoms with Crippen molar-refractivity contribution in [2.75, 3.05) is 65.1 Å². The molecule has 0 unspecified atom stereocenters. The third-order valence-electron chi connectivity index (χ3n) is 4.90. The van der Waals surface area contributed by atoms with E-state index in [0.29, 0.717) is 11.6 Å². The van der Waals surface area contributed by atoms with Gasteiger partial charge < -0.3 is 25.0 Å². The zero-order chi connectivity index (χ0) is 20.0. The Labute approximate surface area is 168 Å². The van der Waals surface area contributed by atoms with Crippen molar-refractivity contribution in [3.63, 3.8) is 0 Å². The Kier molecular flexibility index (Phi) is 10.7. The molecule has 0 atom stereocenters. The first-order valence-corrected chi connectivity index (χ1v) is 10.3. The number of ether oxygens (including phenoxy) is 2. The van der Waals surface area contributed by atoms with Crippen LogP contribution in [0.4, 0.5) is 10.1 Å². The smallest absolute Gasteiger partial charge is 0.190 e. The number of anilines is 1. The third-order valence-corrected chi connectivity index (χ3v) is 4.90. The van der Waals surface area contributed by atoms with Gasteiger partial charge >= 0.3 is 0 Å². The minimum atomic E-state index is -0.186. The molecule has 1 aromatic carbocycles. The first-order chi connectivity index (χ1) is 13.7. The van der Waals surface area contributed by atoms with Gasteiger partial charge in [-0.25, -0.2) is 4.39 Å². The minimum Gasteiger partial charge on any atom is -0.381 e. The third kappa shape index (κ3) is 8.44. The van der Waals surface area contributed by atoms with Crippen molar-refractivity contribution in [1.29, 1.82) is 0 Å². The topological polar surface area (TPSA) is 58.1 Å². The number of rotatable bonds is 11. The quantitative estimate of drug-likeness (QED) is 0.343. The number of nitrogens with zero attached hydrogens (tertiary/aromatic N) is 2. The zero-order valence-electron chi connectivity index (χ0n) is 17.3. The monoisotopic (exact) mass is 394 g/mol. The molecule has 1 aliphatic rings. The standard InChI is InChI=1S/C21H35FN4O2/c1-23-21(25-12-6-14-28-17-18-9-15-27-16-10-18)24-11-5-13-26(2)20-8-4-3-7-19(20)22/h3-4,7-8,18H,5-6,9-17H2,1-2H3,(H2,23,24,25). The molecule has 0 aromatic heterocycles. The molecule has 0 aliphatic carbocycles. The number of benzene rings is 1. The van der Waals surface area contributed by atoms with E-state index in [1.165, 1.54) is 6.07 Å². The number of hydrogen-bond acceptors (Lipinski definition) is 4. The van der Waals surface area contributed by atoms with E-state index in [-0.39, 0.29) is 5.82 Å². The lowest BCUT2D eigenvalue weighted by Crippen LogP contribution is -2.39. The van der Waals surface area contributed by atoms with Gasteiger partial charge in [-0.1, -0.05) is 12.1 Å². The Hall–Kier alpha value is -1.86. The predicted molar refractivity (Wildman–Crippen MR) is 113 cm³/mol. The lowest BCUT2D eigenvalue weighted by molar-refractivity contribution is 0.0203. The van der Waals surface area contributed by atoms with E-state index >= 15 is 0 Å². The Balaban J connectivity index is 1.50. The van der Waals surface area contributed by atoms with Crippen molar-refractivity contribution in [1.82, 2.24) is 10.6 Å². The van der Waals surface area contributed by atoms with E-state index in [2.05, 4.69) is 15.6 Å². The highest BCUT2D eigenvalue weighted by molar-refractivity contribution is 5.79. The van der Waals surface area contributed by atoms with Crippen LogP contribution in [0.5, 0.6) is 0 Å². The van der Waals surface area contributed by atoms with Crippen molar-refractivity contribution in [2.45, 2.75) is 25.7 Å². The molecule has 1 aromatic rings. The molecule has 0 bridgehead atoms. The minimum absolute atomic E-state index is 0.186. The molecular weight excluding hydrogens is 359 g/mol. The first kappa shape index (κ1) is 22.4. The van der Waals surface area contributed by atoms with Crippen molar-refractivity contribution < 1.29 is 13.9 Å². The zero-order valence-corrected chi connectivity index (χ0v) is 17.3. The maximum absolute atomic E-state index is 13.8. The number of hydrogen-bond donors (Lipinski definition) is 2. The molecule has 28 heavy (non-hydrogen) atoms. The fraction of sp³-hybridized carbons (Fsp3) is 0.667. The Morgan fingerprint density at radius 1 is 1.21 bits per heavy atom. The van der Waals surface area contributed by atoms with Crippen LogP contribution in [0.15, 0.2) is 29.3 Å². The van der Waals surface area contributed by atoms with E-state index in [1.54, 1.807) is 19.2 Å². The summed E-state index contributed by atoms with van der Waals surface area (Å²) in [7, 11) is 3.67. The summed E-state index contributed by atoms with van der Waals surface area (Å²) in [4.78, 5) is 6.17. The number of guanidine groups is 1. The van der Waals surface area contributed by atoms with Crippen LogP contribution in [-0.2, 0) is 9.47 Å². The van der Waals surface area contributed by atoms with Gasteiger partial charge in [-0.3, -0.25) is 4.99 Å². The second kappa shape index (κ2) is 13.3. The highest BCUT2D eigenvalue weighted by Crippen LogP contribution is 2.17. The second-order valence-corrected chi connectivity index (χ2v) is 7.14. The summed E-state index contributed by atoms with van der Waals surface area (Å²) in [6.45, 7) is 5.70. The SMILES string of the molecule is CN=C(NCCCOCC1CCOCC1)NCCCN(C)c1ccccc1F. The maximum Gasteiger partial charge on any atom is 0.190 e. The fourth-order valence-electron chi connectivity index (χ4n) is 3.17. The van der Waals surface area contributed by atoms with Crippen molar-refractivity contribution in [2.24, 2.45) is 10.9 Å². The van der Waals surface area contributed by atoms with Gasteiger partial charge in [0, 0.05) is 60.2 Å². The molecule has 6 nitrogen and oxygen atoms in total. The van der Waals surface area contributed by atoms with E-state index < -0.39 is 0 Å². The molecule has 2 N–H and O–H groups in total. The van der Waals surface area contributed by atoms with Crippen LogP contribution in [0, 0.1) is 11.7 Å². The summed E-state index contributed by atoms with van der Waals surface area (Å²) >= 11 is 0. The van der Waals surface area contributed by atoms with E-state index in [0.717, 1.165) is 77.7 Å². The molecule has 1 fully saturated rings. The summed E-state index contributed by atoms with van der Waals surface area (Å²) in [6, 6.07) is 6.85. The molecule has 0 radical (unpaired) electrons. The first-order valence-electron chi connectivity index (χ1n) is 10.3. The molecular formula is C21H35FN4O2. The van der Waals surface area contributed by atoms with Gasteiger partial charge in [-0.15, -0.1) is 0 Å². The summed E-state index contributed by atoms with van der Waals surface area (Å²) in [5.41, 5.74) is 0.630. The number of halogens is 1. The molecule has 2 rings (SSSR count). The van der Waals surface area contributed by atoms with Crippen LogP contribution in [0.3, 0.4) is 0 Å². The summed E-state index contributed by atoms with van der Waals surface area (Å²) in [6.07, 6.45) is 4.06. The Bertz CT molecular complexity index is 579. The second-order valence-electron chi connectivity index (χ2n) is 7.14. The van der Waals surface area contributed by atoms with Gasteiger partial charge in [0.25, 0.3) is 0 Å². The van der Waals surface area contributed by atoms with Crippen LogP contribution in [0.2, 0.25) is 0 Å². The molecule has 1 heterocycles. The van der Waals surface area contributed by atoms with E-state index in [9.17, 15) is 4.39 Å². The number of aliphatic imine (C=N–C) groups is 1. The molecule has 0 saturated carbocycles. The lowest BCUT2D eigenvalue weighted by Gasteiger charge is -2.21. The van der Waals surface area contributed by atoms with Gasteiger partial charge in [0.2, 0.25) is 0 Å². The fourth-order valence-corrected chi connectivity index (χ4v) is 3.17. The average molecular weight is 395 g/mol. The van der Waals surface area contributed by atoms with Crippen LogP contribution in [0.25, 0.3) is 0 Å². The van der Waals surface area contributed by atoms with Gasteiger partial charge in [-0.05, 0) is 43.7 Å². The van der Waals surface area contributed by atoms with Gasteiger partial charge in [-0.2, -0.15) is 0 Å². The average Bonchev–Trinajstić information content (AvgIpc) is 2.73. The van der Waals surface area contributed by atoms with Crippen LogP contribution >= 0.6 is 0 Å². The summed E-state index contributed by atoms with van der Waals surface area (Å²) < 4.78 is 24.9. The van der Waals surface area contributed by atoms with Crippen LogP contribution in [-0.4, -0.2) is 66.1 Å². The molecule has 158 valence electrons. The maximum atomic E-state index is 13.8. The normalized spacial score (nSPS) is 15.5. The van der Waals surface area contributed by atoms with Gasteiger partial charge in [0.15, 0.2) is 5.96 Å². The summed E-state index contributed by atoms with van der Waals surface area (Å²) in [5.74, 6) is 1.26. The highest BCUT2D eigenvalue weighted by atomic mass is 19.1. The molecule has 1 saturated heterocycles. The highest BCUT2D eigenvalue weighted by Gasteiger charge is 2.13. The van der Waals surface area contributed by atoms with Gasteiger partial charge in [0.05, 0.1) is 5.69 Å². The Morgan fingerprint density at radius 2 is 1.93 bits per heavy atom. The molecule has 7 heteroatoms. The number of para-hydroxylation sites is 1. The van der Waals surface area contributed by atoms with Crippen LogP contribution < -0.4 is 15.5 Å². The van der Waals surface area contributed by atoms with Crippen molar-refractivity contribution >= 4 is 11.6 Å². The lowest BCUT2D eigenvalue weighted by atomic mass is 10.0. The van der Waals surface area contributed by atoms with Crippen LogP contribution in [0.1, 0.15) is 25.7 Å². The van der Waals surface area contributed by atoms with Crippen molar-refractivity contribution in [3.05, 3.63) is 30.1 Å². The van der Waals surface area contributed by atoms with E-state index in [1.807, 2.05) is 18.0 Å². The van der Waals surface area contributed by atoms with Gasteiger partial charge in [0.1, 0.15) is 5.82 Å². The molecule has 0 spiro atoms. The Morgan fingerprint density at radius 3 is 2.64 bits per heavy atom. The van der Waals surface area contributed by atoms with Crippen molar-refractivity contribution in [3.8, 4) is 0 Å². The largest absolute Gasteiger partial charge is 0.381 e. The van der Waals surface area contributed by atoms with E-state index in [4.69, 9.17) is 9.47 Å². The molecule has 1 aliphatic heterocycles.